The van der Waals surface area contributed by atoms with Gasteiger partial charge in [-0.15, -0.1) is 11.3 Å². The zero-order valence-electron chi connectivity index (χ0n) is 13.4. The molecule has 2 heterocycles. The molecule has 4 aliphatic rings. The summed E-state index contributed by atoms with van der Waals surface area (Å²) in [5, 5.41) is 8.07. The molecule has 0 radical (unpaired) electrons. The van der Waals surface area contributed by atoms with Gasteiger partial charge in [0, 0.05) is 18.2 Å². The molecule has 0 aliphatic heterocycles. The van der Waals surface area contributed by atoms with E-state index in [0.717, 1.165) is 35.6 Å². The van der Waals surface area contributed by atoms with Crippen molar-refractivity contribution in [3.05, 3.63) is 26.5 Å². The van der Waals surface area contributed by atoms with Crippen molar-refractivity contribution in [1.82, 2.24) is 10.5 Å². The van der Waals surface area contributed by atoms with E-state index in [1.54, 1.807) is 0 Å². The molecule has 1 N–H and O–H groups in total. The van der Waals surface area contributed by atoms with Gasteiger partial charge in [0.1, 0.15) is 4.34 Å². The average Bonchev–Trinajstić information content (AvgIpc) is 3.10. The first-order valence-corrected chi connectivity index (χ1v) is 10.3. The number of hydrogen-bond acceptors (Lipinski definition) is 4. The summed E-state index contributed by atoms with van der Waals surface area (Å²) < 4.78 is 6.81. The van der Waals surface area contributed by atoms with Crippen molar-refractivity contribution in [3.63, 3.8) is 0 Å². The van der Waals surface area contributed by atoms with Gasteiger partial charge in [0.15, 0.2) is 5.76 Å². The number of nitrogens with one attached hydrogen (secondary N) is 1. The topological polar surface area (TPSA) is 38.1 Å². The van der Waals surface area contributed by atoms with E-state index < -0.39 is 0 Å². The van der Waals surface area contributed by atoms with Crippen LogP contribution in [0.4, 0.5) is 0 Å². The SMILES string of the molecule is Clc1cc(-c2cc(CNC34CC5CC(CC(C5)C3)C4)no2)c(Cl)s1. The summed E-state index contributed by atoms with van der Waals surface area (Å²) in [5.74, 6) is 3.54. The summed E-state index contributed by atoms with van der Waals surface area (Å²) in [4.78, 5) is 0. The van der Waals surface area contributed by atoms with Crippen LogP contribution >= 0.6 is 34.5 Å². The molecule has 2 aromatic rings. The van der Waals surface area contributed by atoms with E-state index in [0.29, 0.717) is 20.0 Å². The molecule has 128 valence electrons. The first-order valence-electron chi connectivity index (χ1n) is 8.74. The normalized spacial score (nSPS) is 34.2. The Morgan fingerprint density at radius 2 is 1.79 bits per heavy atom. The molecule has 6 heteroatoms. The van der Waals surface area contributed by atoms with Gasteiger partial charge >= 0.3 is 0 Å². The number of hydrogen-bond donors (Lipinski definition) is 1. The Bertz CT molecular complexity index is 734. The van der Waals surface area contributed by atoms with Crippen LogP contribution in [-0.2, 0) is 6.54 Å². The molecule has 24 heavy (non-hydrogen) atoms. The zero-order chi connectivity index (χ0) is 16.3. The molecule has 0 saturated heterocycles. The highest BCUT2D eigenvalue weighted by atomic mass is 35.5. The molecule has 6 rings (SSSR count). The van der Waals surface area contributed by atoms with Crippen LogP contribution in [0.2, 0.25) is 8.67 Å². The summed E-state index contributed by atoms with van der Waals surface area (Å²) in [6.07, 6.45) is 8.42. The zero-order valence-corrected chi connectivity index (χ0v) is 15.7. The van der Waals surface area contributed by atoms with E-state index in [4.69, 9.17) is 27.7 Å². The van der Waals surface area contributed by atoms with E-state index in [1.165, 1.54) is 49.9 Å². The van der Waals surface area contributed by atoms with Crippen molar-refractivity contribution in [2.45, 2.75) is 50.6 Å². The van der Waals surface area contributed by atoms with Crippen molar-refractivity contribution in [2.24, 2.45) is 17.8 Å². The number of halogens is 2. The van der Waals surface area contributed by atoms with Gasteiger partial charge in [-0.25, -0.2) is 0 Å². The Labute approximate surface area is 155 Å². The van der Waals surface area contributed by atoms with Crippen molar-refractivity contribution < 1.29 is 4.52 Å². The fraction of sp³-hybridized carbons (Fsp3) is 0.611. The number of thiophene rings is 1. The van der Waals surface area contributed by atoms with Gasteiger partial charge in [0.05, 0.1) is 15.6 Å². The van der Waals surface area contributed by atoms with Crippen LogP contribution < -0.4 is 5.32 Å². The molecule has 0 atom stereocenters. The summed E-state index contributed by atoms with van der Waals surface area (Å²) in [5.41, 5.74) is 2.12. The monoisotopic (exact) mass is 382 g/mol. The first kappa shape index (κ1) is 15.7. The van der Waals surface area contributed by atoms with Gasteiger partial charge in [0.25, 0.3) is 0 Å². The largest absolute Gasteiger partial charge is 0.356 e. The first-order chi connectivity index (χ1) is 11.6. The number of rotatable bonds is 4. The van der Waals surface area contributed by atoms with Crippen LogP contribution in [-0.4, -0.2) is 10.7 Å². The Morgan fingerprint density at radius 3 is 2.38 bits per heavy atom. The van der Waals surface area contributed by atoms with Gasteiger partial charge in [-0.2, -0.15) is 0 Å². The van der Waals surface area contributed by atoms with Crippen LogP contribution in [0.5, 0.6) is 0 Å². The second-order valence-corrected chi connectivity index (χ2v) is 10.3. The Balaban J connectivity index is 1.30. The highest BCUT2D eigenvalue weighted by Gasteiger charge is 2.50. The van der Waals surface area contributed by atoms with Crippen molar-refractivity contribution >= 4 is 34.5 Å². The smallest absolute Gasteiger partial charge is 0.169 e. The van der Waals surface area contributed by atoms with Crippen molar-refractivity contribution in [1.29, 1.82) is 0 Å². The molecule has 4 bridgehead atoms. The Morgan fingerprint density at radius 1 is 1.12 bits per heavy atom. The molecule has 0 aromatic carbocycles. The van der Waals surface area contributed by atoms with E-state index in [2.05, 4.69) is 10.5 Å². The lowest BCUT2D eigenvalue weighted by atomic mass is 9.53. The molecule has 4 saturated carbocycles. The van der Waals surface area contributed by atoms with Crippen LogP contribution in [0.15, 0.2) is 16.7 Å². The molecular formula is C18H20Cl2N2OS. The summed E-state index contributed by atoms with van der Waals surface area (Å²) in [6.45, 7) is 0.769. The molecule has 2 aromatic heterocycles. The van der Waals surface area contributed by atoms with Crippen LogP contribution in [0, 0.1) is 17.8 Å². The maximum Gasteiger partial charge on any atom is 0.169 e. The van der Waals surface area contributed by atoms with Gasteiger partial charge in [-0.1, -0.05) is 28.4 Å². The molecule has 0 spiro atoms. The predicted molar refractivity (Wildman–Crippen MR) is 97.6 cm³/mol. The lowest BCUT2D eigenvalue weighted by Gasteiger charge is -2.57. The maximum absolute atomic E-state index is 6.21. The lowest BCUT2D eigenvalue weighted by Crippen LogP contribution is -2.58. The van der Waals surface area contributed by atoms with E-state index in [-0.39, 0.29) is 0 Å². The minimum atomic E-state index is 0.344. The van der Waals surface area contributed by atoms with E-state index in [1.807, 2.05) is 12.1 Å². The fourth-order valence-corrected chi connectivity index (χ4v) is 7.11. The minimum absolute atomic E-state index is 0.344. The third-order valence-corrected chi connectivity index (χ3v) is 7.65. The molecule has 0 amide bonds. The highest BCUT2D eigenvalue weighted by molar-refractivity contribution is 7.20. The number of aromatic nitrogens is 1. The van der Waals surface area contributed by atoms with E-state index in [9.17, 15) is 0 Å². The molecule has 4 fully saturated rings. The summed E-state index contributed by atoms with van der Waals surface area (Å²) in [6, 6.07) is 3.82. The third-order valence-electron chi connectivity index (χ3n) is 6.16. The summed E-state index contributed by atoms with van der Waals surface area (Å²) >= 11 is 13.6. The quantitative estimate of drug-likeness (QED) is 0.729. The van der Waals surface area contributed by atoms with Crippen molar-refractivity contribution in [2.75, 3.05) is 0 Å². The van der Waals surface area contributed by atoms with Gasteiger partial charge in [0.2, 0.25) is 0 Å². The maximum atomic E-state index is 6.21. The third kappa shape index (κ3) is 2.72. The lowest BCUT2D eigenvalue weighted by molar-refractivity contribution is -0.0208. The molecule has 3 nitrogen and oxygen atoms in total. The average molecular weight is 383 g/mol. The minimum Gasteiger partial charge on any atom is -0.356 e. The van der Waals surface area contributed by atoms with Gasteiger partial charge in [-0.05, 0) is 62.3 Å². The van der Waals surface area contributed by atoms with E-state index >= 15 is 0 Å². The second-order valence-electron chi connectivity index (χ2n) is 7.97. The Hall–Kier alpha value is -0.550. The molecule has 0 unspecified atom stereocenters. The highest BCUT2D eigenvalue weighted by Crippen LogP contribution is 2.55. The van der Waals surface area contributed by atoms with Gasteiger partial charge < -0.3 is 9.84 Å². The number of nitrogens with zero attached hydrogens (tertiary/aromatic N) is 1. The fourth-order valence-electron chi connectivity index (χ4n) is 5.64. The standard InChI is InChI=1S/C18H20Cl2N2OS/c19-16-5-14(17(20)24-16)15-4-13(22-23-15)9-21-18-6-10-1-11(7-18)3-12(2-10)8-18/h4-5,10-12,21H,1-3,6-9H2. The van der Waals surface area contributed by atoms with Crippen LogP contribution in [0.25, 0.3) is 11.3 Å². The predicted octanol–water partition coefficient (Wildman–Crippen LogP) is 5.77. The molecular weight excluding hydrogens is 363 g/mol. The molecule has 4 aliphatic carbocycles. The van der Waals surface area contributed by atoms with Crippen molar-refractivity contribution in [3.8, 4) is 11.3 Å². The van der Waals surface area contributed by atoms with Crippen LogP contribution in [0.3, 0.4) is 0 Å². The van der Waals surface area contributed by atoms with Crippen LogP contribution in [0.1, 0.15) is 44.2 Å². The van der Waals surface area contributed by atoms with Gasteiger partial charge in [-0.3, -0.25) is 0 Å². The summed E-state index contributed by atoms with van der Waals surface area (Å²) in [7, 11) is 0. The second kappa shape index (κ2) is 5.73. The Kier molecular flexibility index (Phi) is 3.75.